The maximum Gasteiger partial charge on any atom is 0.410 e. The number of carbonyl (C=O) groups excluding carboxylic acids is 6. The molecule has 4 aromatic heterocycles. The highest BCUT2D eigenvalue weighted by molar-refractivity contribution is 6.08. The predicted octanol–water partition coefficient (Wildman–Crippen LogP) is 15.4. The van der Waals surface area contributed by atoms with Crippen LogP contribution in [-0.2, 0) is 46.5 Å². The molecule has 4 fully saturated rings. The number of fused-ring (bicyclic) bond motifs is 12. The minimum absolute atomic E-state index is 0.0138. The Balaban J connectivity index is 0.000000185. The Labute approximate surface area is 685 Å². The van der Waals surface area contributed by atoms with Crippen molar-refractivity contribution in [1.82, 2.24) is 75.4 Å². The van der Waals surface area contributed by atoms with Crippen LogP contribution in [0.15, 0.2) is 97.3 Å². The van der Waals surface area contributed by atoms with E-state index in [4.69, 9.17) is 53.1 Å². The van der Waals surface area contributed by atoms with Crippen molar-refractivity contribution in [1.29, 1.82) is 0 Å². The predicted molar refractivity (Wildman–Crippen MR) is 446 cm³/mol. The number of likely N-dealkylation sites (tertiary alicyclic amines) is 4. The quantitative estimate of drug-likeness (QED) is 0.0370. The van der Waals surface area contributed by atoms with E-state index in [-0.39, 0.29) is 71.9 Å². The van der Waals surface area contributed by atoms with Gasteiger partial charge in [-0.2, -0.15) is 0 Å². The molecule has 0 bridgehead atoms. The molecule has 4 saturated heterocycles. The fraction of sp³-hybridized carbons (Fsp3) is 0.483. The molecule has 118 heavy (non-hydrogen) atoms. The Morgan fingerprint density at radius 2 is 1.05 bits per heavy atom. The van der Waals surface area contributed by atoms with Gasteiger partial charge in [-0.05, 0) is 196 Å². The summed E-state index contributed by atoms with van der Waals surface area (Å²) >= 11 is 0. The van der Waals surface area contributed by atoms with E-state index < -0.39 is 54.3 Å². The number of rotatable bonds is 18. The molecule has 6 amide bonds. The number of aliphatic hydroxyl groups is 1. The molecule has 10 aromatic rings. The van der Waals surface area contributed by atoms with Gasteiger partial charge < -0.3 is 84.0 Å². The number of hydrogen-bond donors (Lipinski definition) is 8. The van der Waals surface area contributed by atoms with E-state index in [0.717, 1.165) is 173 Å². The lowest BCUT2D eigenvalue weighted by Gasteiger charge is -2.38. The van der Waals surface area contributed by atoms with Crippen molar-refractivity contribution in [3.63, 3.8) is 0 Å². The first-order chi connectivity index (χ1) is 56.5. The lowest BCUT2D eigenvalue weighted by Crippen LogP contribution is -2.58. The summed E-state index contributed by atoms with van der Waals surface area (Å²) in [5.74, 6) is 4.61. The molecule has 0 aliphatic carbocycles. The third-order valence-electron chi connectivity index (χ3n) is 24.7. The molecule has 29 heteroatoms. The molecule has 6 aromatic carbocycles. The normalized spacial score (nSPS) is 21.8. The molecule has 0 spiro atoms. The van der Waals surface area contributed by atoms with E-state index in [9.17, 15) is 33.9 Å². The second-order valence-corrected chi connectivity index (χ2v) is 34.3. The van der Waals surface area contributed by atoms with Crippen LogP contribution in [0.2, 0.25) is 0 Å². The number of aromatic amines is 4. The number of amides is 6. The Morgan fingerprint density at radius 1 is 0.559 bits per heavy atom. The van der Waals surface area contributed by atoms with Crippen molar-refractivity contribution in [2.75, 3.05) is 41.5 Å². The molecule has 0 saturated carbocycles. The van der Waals surface area contributed by atoms with E-state index in [1.807, 2.05) is 94.6 Å². The molecule has 3 unspecified atom stereocenters. The monoisotopic (exact) mass is 1610 g/mol. The summed E-state index contributed by atoms with van der Waals surface area (Å²) in [4.78, 5) is 119. The van der Waals surface area contributed by atoms with Crippen LogP contribution in [0.3, 0.4) is 0 Å². The van der Waals surface area contributed by atoms with Crippen molar-refractivity contribution < 1.29 is 67.0 Å². The van der Waals surface area contributed by atoms with Gasteiger partial charge in [0.15, 0.2) is 0 Å². The van der Waals surface area contributed by atoms with Gasteiger partial charge in [-0.3, -0.25) is 19.4 Å². The minimum atomic E-state index is -1.06. The molecule has 10 heterocycles. The van der Waals surface area contributed by atoms with Crippen molar-refractivity contribution in [3.05, 3.63) is 132 Å². The molecule has 8 N–H and O–H groups in total. The molecule has 6 aliphatic rings. The van der Waals surface area contributed by atoms with Gasteiger partial charge in [0.25, 0.3) is 0 Å². The van der Waals surface area contributed by atoms with Crippen molar-refractivity contribution in [2.45, 2.75) is 214 Å². The number of nitrogens with zero attached hydrogens (tertiary/aromatic N) is 8. The van der Waals surface area contributed by atoms with Gasteiger partial charge in [-0.25, -0.2) is 39.1 Å². The number of nitrogens with one attached hydrogen (secondary N) is 7. The van der Waals surface area contributed by atoms with Crippen LogP contribution >= 0.6 is 0 Å². The number of alkyl carbamates (subject to hydrolysis) is 3. The highest BCUT2D eigenvalue weighted by atomic mass is 16.6. The van der Waals surface area contributed by atoms with Crippen LogP contribution in [0.5, 0.6) is 11.5 Å². The highest BCUT2D eigenvalue weighted by Gasteiger charge is 2.46. The Hall–Kier alpha value is -11.3. The Morgan fingerprint density at radius 3 is 1.56 bits per heavy atom. The molecule has 624 valence electrons. The second-order valence-electron chi connectivity index (χ2n) is 34.3. The molecule has 29 nitrogen and oxygen atoms in total. The standard InChI is InChI=1S/C46H58N8O8.C43H51N7O6/c1-9-24(3)38(51-45(57)60-7)43(55)53-21-23(2)16-36(53)41-47-20-34(49-41)28-11-13-30-29(17-28)22-62-37-19-31-27(18-32(30)37)12-14-33-40(31)50-42(48-33)35-15-10-25(4)54(35)44(56)39(26(5)59-6)52-46(58)61-8;1-22(2)36(48-41(52)54-8)40(51)50-24(4)9-14-33(50)39-45-31-13-11-25-17-30-28-12-10-26(16-27(28)21-55-35(30)18-29(25)37(31)47-39)32-19-44-38(46-32)34-15-23(3)20-49(34)42(53)56-43(5,6)7/h11-14,17-20,23-26,35-36,38-39,44,56H,9-10,15-16,21-22H2,1-8H3,(H,47,49)(H,48,50)(H,51,57)(H,52,58);10-13,16-19,22-24,33-34,36H,9,14-15,20-21H2,1-8H3,(H,44,46)(H,45,47)(H,48,52)/t23-,24-,25-,26+,35-,36?,38-,39-,44?;23-,24-,33-,34?,36-/m00/s1. The van der Waals surface area contributed by atoms with Crippen molar-refractivity contribution in [2.24, 2.45) is 23.7 Å². The van der Waals surface area contributed by atoms with Crippen LogP contribution in [-0.4, -0.2) is 190 Å². The van der Waals surface area contributed by atoms with Crippen LogP contribution in [0.25, 0.3) is 88.4 Å². The van der Waals surface area contributed by atoms with Gasteiger partial charge in [-0.1, -0.05) is 84.4 Å². The van der Waals surface area contributed by atoms with E-state index in [1.165, 1.54) is 21.3 Å². The van der Waals surface area contributed by atoms with E-state index >= 15 is 0 Å². The summed E-state index contributed by atoms with van der Waals surface area (Å²) in [5, 5.41) is 24.0. The number of benzene rings is 6. The molecular formula is C89H109N15O14. The zero-order valence-corrected chi connectivity index (χ0v) is 70.0. The largest absolute Gasteiger partial charge is 0.488 e. The molecule has 16 rings (SSSR count). The zero-order chi connectivity index (χ0) is 83.6. The van der Waals surface area contributed by atoms with E-state index in [1.54, 1.807) is 18.9 Å². The second kappa shape index (κ2) is 33.2. The smallest absolute Gasteiger partial charge is 0.410 e. The molecule has 6 aliphatic heterocycles. The average molecular weight is 1610 g/mol. The molecular weight excluding hydrogens is 1500 g/mol. The summed E-state index contributed by atoms with van der Waals surface area (Å²) in [5.41, 5.74) is 12.8. The first kappa shape index (κ1) is 81.8. The lowest BCUT2D eigenvalue weighted by atomic mass is 9.92. The molecule has 0 radical (unpaired) electrons. The average Bonchev–Trinajstić information content (AvgIpc) is 1.48. The number of H-pyrrole nitrogens is 4. The number of aliphatic hydroxyl groups excluding tert-OH is 1. The van der Waals surface area contributed by atoms with Gasteiger partial charge in [-0.15, -0.1) is 0 Å². The van der Waals surface area contributed by atoms with Crippen molar-refractivity contribution in [3.8, 4) is 56.3 Å². The fourth-order valence-electron chi connectivity index (χ4n) is 18.2. The maximum atomic E-state index is 14.0. The summed E-state index contributed by atoms with van der Waals surface area (Å²) in [6.45, 7) is 25.6. The number of carbonyl (C=O) groups is 6. The number of imidazole rings is 4. The minimum Gasteiger partial charge on any atom is -0.488 e. The number of aromatic nitrogens is 8. The highest BCUT2D eigenvalue weighted by Crippen LogP contribution is 2.48. The van der Waals surface area contributed by atoms with Crippen molar-refractivity contribution >= 4 is 79.8 Å². The van der Waals surface area contributed by atoms with Gasteiger partial charge in [0, 0.05) is 54.2 Å². The first-order valence-electron chi connectivity index (χ1n) is 41.2. The van der Waals surface area contributed by atoms with Gasteiger partial charge in [0.05, 0.1) is 103 Å². The summed E-state index contributed by atoms with van der Waals surface area (Å²) in [6, 6.07) is 26.4. The zero-order valence-electron chi connectivity index (χ0n) is 70.0. The van der Waals surface area contributed by atoms with Crippen LogP contribution in [0, 0.1) is 23.7 Å². The van der Waals surface area contributed by atoms with Gasteiger partial charge in [0.1, 0.15) is 71.9 Å². The van der Waals surface area contributed by atoms with Crippen LogP contribution in [0.4, 0.5) is 19.2 Å². The summed E-state index contributed by atoms with van der Waals surface area (Å²) in [6.07, 6.45) is 5.39. The summed E-state index contributed by atoms with van der Waals surface area (Å²) in [7, 11) is 5.44. The van der Waals surface area contributed by atoms with E-state index in [0.29, 0.717) is 38.0 Å². The number of hydrogen-bond acceptors (Lipinski definition) is 19. The van der Waals surface area contributed by atoms with Crippen LogP contribution < -0.4 is 25.4 Å². The SMILES string of the molecule is CC[C@H](C)[C@H](NC(=O)OC)C(=O)N1C[C@@H](C)CC1c1ncc(-c2ccc3c(c2)COc2cc4c(ccc5[nH]c([C@@H]6CC[C@H](C)N6C(O)[C@@H](NC(=O)OC)[C@@H](C)OC)nc54)cc2-3)[nH]1.COC(=O)N[C@H](C(=O)N1[C@@H](C)CC[C@H]1c1nc2c(ccc3cc4c(cc32)OCc2cc(-c3cnc(C5C[C@H](C)CN5C(=O)OC(C)(C)C)[nH]3)ccc2-4)[nH]1)C(C)C. The Bertz CT molecular complexity index is 5470. The van der Waals surface area contributed by atoms with Crippen LogP contribution in [0.1, 0.15) is 187 Å². The number of methoxy groups -OCH3 is 4. The maximum absolute atomic E-state index is 14.0. The third-order valence-corrected chi connectivity index (χ3v) is 24.7. The van der Waals surface area contributed by atoms with E-state index in [2.05, 4.69) is 129 Å². The topological polar surface area (TPSA) is 351 Å². The first-order valence-corrected chi connectivity index (χ1v) is 41.2. The number of ether oxygens (including phenoxy) is 7. The van der Waals surface area contributed by atoms with Gasteiger partial charge in [0.2, 0.25) is 11.8 Å². The third kappa shape index (κ3) is 15.9. The lowest BCUT2D eigenvalue weighted by molar-refractivity contribution is -0.137. The van der Waals surface area contributed by atoms with Gasteiger partial charge >= 0.3 is 24.4 Å². The Kier molecular flexibility index (Phi) is 23.1. The molecule has 14 atom stereocenters. The fourth-order valence-corrected chi connectivity index (χ4v) is 18.2. The summed E-state index contributed by atoms with van der Waals surface area (Å²) < 4.78 is 38.6.